The first-order chi connectivity index (χ1) is 10.3. The van der Waals surface area contributed by atoms with Crippen molar-refractivity contribution in [1.82, 2.24) is 10.2 Å². The van der Waals surface area contributed by atoms with Crippen LogP contribution in [0.15, 0.2) is 41.0 Å². The molecule has 0 bridgehead atoms. The van der Waals surface area contributed by atoms with Crippen molar-refractivity contribution in [2.45, 2.75) is 12.5 Å². The van der Waals surface area contributed by atoms with Crippen LogP contribution in [-0.2, 0) is 0 Å². The number of hydrogen-bond donors (Lipinski definition) is 1. The number of hydrogen-bond acceptors (Lipinski definition) is 3. The summed E-state index contributed by atoms with van der Waals surface area (Å²) in [5.41, 5.74) is 1.00. The molecule has 1 atom stereocenters. The van der Waals surface area contributed by atoms with Gasteiger partial charge in [0.05, 0.1) is 22.4 Å². The fourth-order valence-corrected chi connectivity index (χ4v) is 3.24. The third-order valence-electron chi connectivity index (χ3n) is 3.83. The fraction of sp³-hybridized carbons (Fsp3) is 0.375. The average Bonchev–Trinajstić information content (AvgIpc) is 2.87. The van der Waals surface area contributed by atoms with Crippen molar-refractivity contribution in [2.24, 2.45) is 0 Å². The highest BCUT2D eigenvalue weighted by Crippen LogP contribution is 2.37. The van der Waals surface area contributed by atoms with Gasteiger partial charge in [0, 0.05) is 19.6 Å². The summed E-state index contributed by atoms with van der Waals surface area (Å²) in [5.74, 6) is 0.904. The Hall–Kier alpha value is -1.00. The maximum Gasteiger partial charge on any atom is 0.125 e. The van der Waals surface area contributed by atoms with Crippen LogP contribution >= 0.6 is 23.2 Å². The maximum absolute atomic E-state index is 6.45. The standard InChI is InChI=1S/C16H18Cl2N2O/c17-13-5-1-4-12(15(13)18)16(14-6-2-11-21-14)20-9-3-7-19-8-10-20/h1-2,4-6,11,16,19H,3,7-10H2. The van der Waals surface area contributed by atoms with E-state index < -0.39 is 0 Å². The van der Waals surface area contributed by atoms with E-state index in [0.717, 1.165) is 43.9 Å². The highest BCUT2D eigenvalue weighted by molar-refractivity contribution is 6.42. The second kappa shape index (κ2) is 6.84. The molecule has 1 aromatic carbocycles. The zero-order valence-corrected chi connectivity index (χ0v) is 13.2. The van der Waals surface area contributed by atoms with E-state index in [1.54, 1.807) is 6.26 Å². The first-order valence-electron chi connectivity index (χ1n) is 7.19. The molecule has 2 aromatic rings. The van der Waals surface area contributed by atoms with Crippen molar-refractivity contribution < 1.29 is 4.42 Å². The Morgan fingerprint density at radius 2 is 2.00 bits per heavy atom. The molecule has 1 unspecified atom stereocenters. The lowest BCUT2D eigenvalue weighted by molar-refractivity contribution is 0.216. The van der Waals surface area contributed by atoms with Crippen LogP contribution in [0.25, 0.3) is 0 Å². The SMILES string of the molecule is Clc1cccc(C(c2ccco2)N2CCCNCC2)c1Cl. The minimum atomic E-state index is 0.00565. The van der Waals surface area contributed by atoms with E-state index in [2.05, 4.69) is 10.2 Å². The highest BCUT2D eigenvalue weighted by atomic mass is 35.5. The van der Waals surface area contributed by atoms with Gasteiger partial charge in [-0.25, -0.2) is 0 Å². The van der Waals surface area contributed by atoms with Gasteiger partial charge in [-0.3, -0.25) is 4.90 Å². The predicted molar refractivity (Wildman–Crippen MR) is 86.1 cm³/mol. The van der Waals surface area contributed by atoms with Crippen molar-refractivity contribution >= 4 is 23.2 Å². The number of nitrogens with zero attached hydrogens (tertiary/aromatic N) is 1. The monoisotopic (exact) mass is 324 g/mol. The number of halogens is 2. The lowest BCUT2D eigenvalue weighted by atomic mass is 10.0. The van der Waals surface area contributed by atoms with Crippen LogP contribution in [0.1, 0.15) is 23.8 Å². The van der Waals surface area contributed by atoms with Crippen LogP contribution < -0.4 is 5.32 Å². The van der Waals surface area contributed by atoms with E-state index in [-0.39, 0.29) is 6.04 Å². The van der Waals surface area contributed by atoms with E-state index in [4.69, 9.17) is 27.6 Å². The first-order valence-corrected chi connectivity index (χ1v) is 7.95. The zero-order chi connectivity index (χ0) is 14.7. The minimum absolute atomic E-state index is 0.00565. The molecule has 0 radical (unpaired) electrons. The van der Waals surface area contributed by atoms with Gasteiger partial charge in [0.15, 0.2) is 0 Å². The maximum atomic E-state index is 6.45. The molecule has 0 aliphatic carbocycles. The predicted octanol–water partition coefficient (Wildman–Crippen LogP) is 3.97. The van der Waals surface area contributed by atoms with Crippen LogP contribution in [0, 0.1) is 0 Å². The molecule has 1 aromatic heterocycles. The molecule has 5 heteroatoms. The molecule has 1 N–H and O–H groups in total. The number of benzene rings is 1. The summed E-state index contributed by atoms with van der Waals surface area (Å²) in [4.78, 5) is 2.40. The Morgan fingerprint density at radius 3 is 2.81 bits per heavy atom. The zero-order valence-electron chi connectivity index (χ0n) is 11.7. The molecule has 3 nitrogen and oxygen atoms in total. The number of furan rings is 1. The van der Waals surface area contributed by atoms with Gasteiger partial charge < -0.3 is 9.73 Å². The third-order valence-corrected chi connectivity index (χ3v) is 4.66. The Labute approximate surface area is 134 Å². The molecule has 112 valence electrons. The molecule has 1 saturated heterocycles. The Kier molecular flexibility index (Phi) is 4.86. The Balaban J connectivity index is 2.01. The van der Waals surface area contributed by atoms with Crippen LogP contribution in [0.3, 0.4) is 0 Å². The molecule has 0 saturated carbocycles. The van der Waals surface area contributed by atoms with Gasteiger partial charge >= 0.3 is 0 Å². The number of nitrogens with one attached hydrogen (secondary N) is 1. The Morgan fingerprint density at radius 1 is 1.10 bits per heavy atom. The van der Waals surface area contributed by atoms with Gasteiger partial charge in [-0.15, -0.1) is 0 Å². The summed E-state index contributed by atoms with van der Waals surface area (Å²) in [6.07, 6.45) is 2.81. The average molecular weight is 325 g/mol. The van der Waals surface area contributed by atoms with Gasteiger partial charge in [0.1, 0.15) is 5.76 Å². The molecule has 2 heterocycles. The normalized spacial score (nSPS) is 18.4. The van der Waals surface area contributed by atoms with Gasteiger partial charge in [0.2, 0.25) is 0 Å². The lowest BCUT2D eigenvalue weighted by Crippen LogP contribution is -2.33. The summed E-state index contributed by atoms with van der Waals surface area (Å²) in [5, 5.41) is 4.61. The van der Waals surface area contributed by atoms with Crippen LogP contribution in [0.2, 0.25) is 10.0 Å². The van der Waals surface area contributed by atoms with Crippen molar-refractivity contribution in [3.8, 4) is 0 Å². The molecule has 1 aliphatic heterocycles. The summed E-state index contributed by atoms with van der Waals surface area (Å²) in [6, 6.07) is 9.70. The van der Waals surface area contributed by atoms with E-state index >= 15 is 0 Å². The molecule has 1 aliphatic rings. The second-order valence-electron chi connectivity index (χ2n) is 5.20. The van der Waals surface area contributed by atoms with Crippen molar-refractivity contribution in [2.75, 3.05) is 26.2 Å². The molecule has 0 amide bonds. The summed E-state index contributed by atoms with van der Waals surface area (Å²) < 4.78 is 5.68. The smallest absolute Gasteiger partial charge is 0.125 e. The van der Waals surface area contributed by atoms with Crippen LogP contribution in [0.4, 0.5) is 0 Å². The Bertz CT molecular complexity index is 578. The molecule has 0 spiro atoms. The van der Waals surface area contributed by atoms with E-state index in [1.807, 2.05) is 30.3 Å². The first kappa shape index (κ1) is 14.9. The van der Waals surface area contributed by atoms with Crippen LogP contribution in [-0.4, -0.2) is 31.1 Å². The van der Waals surface area contributed by atoms with Gasteiger partial charge in [-0.2, -0.15) is 0 Å². The van der Waals surface area contributed by atoms with Crippen LogP contribution in [0.5, 0.6) is 0 Å². The summed E-state index contributed by atoms with van der Waals surface area (Å²) >= 11 is 12.6. The van der Waals surface area contributed by atoms with E-state index in [1.165, 1.54) is 0 Å². The number of rotatable bonds is 3. The topological polar surface area (TPSA) is 28.4 Å². The highest BCUT2D eigenvalue weighted by Gasteiger charge is 2.27. The second-order valence-corrected chi connectivity index (χ2v) is 5.99. The largest absolute Gasteiger partial charge is 0.467 e. The van der Waals surface area contributed by atoms with Gasteiger partial charge in [0.25, 0.3) is 0 Å². The van der Waals surface area contributed by atoms with Crippen molar-refractivity contribution in [3.05, 3.63) is 58.0 Å². The summed E-state index contributed by atoms with van der Waals surface area (Å²) in [6.45, 7) is 3.97. The minimum Gasteiger partial charge on any atom is -0.467 e. The third kappa shape index (κ3) is 3.27. The molecular weight excluding hydrogens is 307 g/mol. The van der Waals surface area contributed by atoms with E-state index in [0.29, 0.717) is 10.0 Å². The van der Waals surface area contributed by atoms with Crippen molar-refractivity contribution in [1.29, 1.82) is 0 Å². The molecular formula is C16H18Cl2N2O. The quantitative estimate of drug-likeness (QED) is 0.925. The molecule has 1 fully saturated rings. The van der Waals surface area contributed by atoms with Gasteiger partial charge in [-0.1, -0.05) is 35.3 Å². The molecule has 3 rings (SSSR count). The van der Waals surface area contributed by atoms with Gasteiger partial charge in [-0.05, 0) is 36.7 Å². The van der Waals surface area contributed by atoms with Crippen molar-refractivity contribution in [3.63, 3.8) is 0 Å². The fourth-order valence-electron chi connectivity index (χ4n) is 2.83. The van der Waals surface area contributed by atoms with E-state index in [9.17, 15) is 0 Å². The molecule has 21 heavy (non-hydrogen) atoms. The summed E-state index contributed by atoms with van der Waals surface area (Å²) in [7, 11) is 0. The lowest BCUT2D eigenvalue weighted by Gasteiger charge is -2.30.